The van der Waals surface area contributed by atoms with E-state index in [2.05, 4.69) is 98.9 Å². The van der Waals surface area contributed by atoms with Gasteiger partial charge in [0.15, 0.2) is 0 Å². The molecule has 382 valence electrons. The standard InChI is InChI=1S/C57H102NO7P/c1-3-5-7-9-11-13-15-17-19-21-23-25-27-28-29-30-32-34-36-38-40-42-44-46-48-50-57(59)65-56(55-64-66(60,61)63-53-51-58)54-62-52-49-47-45-43-41-39-37-35-33-31-26-24-22-20-18-16-14-12-10-8-6-4-2/h5,7,11,13,16-19,22-25,28-29,56H,3-4,6,8-10,12,14-15,20-21,26-27,30-55,58H2,1-2H3,(H,60,61)/b7-5-,13-11-,18-16-,19-17-,24-22-,25-23-,29-28-. The number of unbranched alkanes of at least 4 members (excludes halogenated alkanes) is 24. The Balaban J connectivity index is 3.96. The van der Waals surface area contributed by atoms with Crippen LogP contribution in [0, 0.1) is 0 Å². The number of carbonyl (C=O) groups is 1. The highest BCUT2D eigenvalue weighted by atomic mass is 31.2. The van der Waals surface area contributed by atoms with Crippen LogP contribution in [0.15, 0.2) is 85.1 Å². The lowest BCUT2D eigenvalue weighted by atomic mass is 10.1. The van der Waals surface area contributed by atoms with E-state index in [0.717, 1.165) is 77.0 Å². The Hall–Kier alpha value is -2.32. The van der Waals surface area contributed by atoms with Crippen molar-refractivity contribution in [2.45, 2.75) is 238 Å². The fraction of sp³-hybridized carbons (Fsp3) is 0.737. The van der Waals surface area contributed by atoms with E-state index in [0.29, 0.717) is 13.0 Å². The van der Waals surface area contributed by atoms with E-state index in [1.54, 1.807) is 0 Å². The van der Waals surface area contributed by atoms with Crippen molar-refractivity contribution in [2.24, 2.45) is 5.73 Å². The fourth-order valence-corrected chi connectivity index (χ4v) is 8.11. The number of rotatable bonds is 51. The van der Waals surface area contributed by atoms with Crippen molar-refractivity contribution >= 4 is 13.8 Å². The van der Waals surface area contributed by atoms with Crippen LogP contribution >= 0.6 is 7.82 Å². The first kappa shape index (κ1) is 63.7. The highest BCUT2D eigenvalue weighted by molar-refractivity contribution is 7.47. The summed E-state index contributed by atoms with van der Waals surface area (Å²) in [4.78, 5) is 22.6. The predicted octanol–water partition coefficient (Wildman–Crippen LogP) is 17.2. The molecule has 0 saturated heterocycles. The van der Waals surface area contributed by atoms with Gasteiger partial charge in [-0.3, -0.25) is 13.8 Å². The van der Waals surface area contributed by atoms with Gasteiger partial charge in [-0.25, -0.2) is 4.57 Å². The van der Waals surface area contributed by atoms with Crippen molar-refractivity contribution in [3.05, 3.63) is 85.1 Å². The summed E-state index contributed by atoms with van der Waals surface area (Å²) in [5, 5.41) is 0. The maximum atomic E-state index is 12.7. The molecular weight excluding hydrogens is 842 g/mol. The molecule has 0 aliphatic rings. The molecule has 0 rings (SSSR count). The minimum atomic E-state index is -4.29. The van der Waals surface area contributed by atoms with Gasteiger partial charge in [-0.15, -0.1) is 0 Å². The maximum absolute atomic E-state index is 12.7. The number of phosphoric ester groups is 1. The summed E-state index contributed by atoms with van der Waals surface area (Å²) < 4.78 is 33.6. The molecule has 8 nitrogen and oxygen atoms in total. The molecule has 0 saturated carbocycles. The highest BCUT2D eigenvalue weighted by Gasteiger charge is 2.25. The van der Waals surface area contributed by atoms with E-state index in [9.17, 15) is 14.3 Å². The van der Waals surface area contributed by atoms with Gasteiger partial charge in [0.05, 0.1) is 19.8 Å². The molecule has 0 radical (unpaired) electrons. The van der Waals surface area contributed by atoms with E-state index in [-0.39, 0.29) is 32.3 Å². The predicted molar refractivity (Wildman–Crippen MR) is 284 cm³/mol. The third-order valence-corrected chi connectivity index (χ3v) is 12.3. The van der Waals surface area contributed by atoms with Crippen LogP contribution in [0.25, 0.3) is 0 Å². The van der Waals surface area contributed by atoms with Crippen molar-refractivity contribution in [3.63, 3.8) is 0 Å². The van der Waals surface area contributed by atoms with Gasteiger partial charge in [-0.1, -0.05) is 221 Å². The average Bonchev–Trinajstić information content (AvgIpc) is 3.31. The molecule has 0 amide bonds. The quantitative estimate of drug-likeness (QED) is 0.0268. The molecule has 0 aromatic rings. The summed E-state index contributed by atoms with van der Waals surface area (Å²) in [6.07, 6.45) is 70.5. The molecular formula is C57H102NO7P. The van der Waals surface area contributed by atoms with Crippen molar-refractivity contribution < 1.29 is 32.8 Å². The Morgan fingerprint density at radius 1 is 0.470 bits per heavy atom. The van der Waals surface area contributed by atoms with Crippen molar-refractivity contribution in [2.75, 3.05) is 33.0 Å². The molecule has 3 N–H and O–H groups in total. The zero-order valence-corrected chi connectivity index (χ0v) is 43.6. The highest BCUT2D eigenvalue weighted by Crippen LogP contribution is 2.43. The van der Waals surface area contributed by atoms with Crippen molar-refractivity contribution in [1.82, 2.24) is 0 Å². The molecule has 0 bridgehead atoms. The van der Waals surface area contributed by atoms with Gasteiger partial charge in [-0.2, -0.15) is 0 Å². The lowest BCUT2D eigenvalue weighted by Crippen LogP contribution is -2.28. The van der Waals surface area contributed by atoms with Gasteiger partial charge in [0.25, 0.3) is 0 Å². The van der Waals surface area contributed by atoms with Crippen molar-refractivity contribution in [3.8, 4) is 0 Å². The van der Waals surface area contributed by atoms with Crippen LogP contribution in [0.5, 0.6) is 0 Å². The number of esters is 1. The molecule has 2 unspecified atom stereocenters. The minimum absolute atomic E-state index is 0.0951. The van der Waals surface area contributed by atoms with Crippen molar-refractivity contribution in [1.29, 1.82) is 0 Å². The smallest absolute Gasteiger partial charge is 0.457 e. The summed E-state index contributed by atoms with van der Waals surface area (Å²) in [7, 11) is -4.29. The monoisotopic (exact) mass is 944 g/mol. The lowest BCUT2D eigenvalue weighted by Gasteiger charge is -2.20. The summed E-state index contributed by atoms with van der Waals surface area (Å²) in [5.41, 5.74) is 5.40. The molecule has 0 spiro atoms. The molecule has 2 atom stereocenters. The Morgan fingerprint density at radius 2 is 0.848 bits per heavy atom. The zero-order chi connectivity index (χ0) is 48.0. The van der Waals surface area contributed by atoms with E-state index in [1.807, 2.05) is 0 Å². The number of phosphoric acid groups is 1. The zero-order valence-electron chi connectivity index (χ0n) is 42.7. The Morgan fingerprint density at radius 3 is 1.27 bits per heavy atom. The van der Waals surface area contributed by atoms with Crippen LogP contribution in [-0.4, -0.2) is 49.9 Å². The first-order valence-electron chi connectivity index (χ1n) is 27.1. The normalized spacial score (nSPS) is 13.9. The molecule has 0 aromatic heterocycles. The van der Waals surface area contributed by atoms with Gasteiger partial charge in [0.1, 0.15) is 6.10 Å². The number of allylic oxidation sites excluding steroid dienone is 14. The van der Waals surface area contributed by atoms with Gasteiger partial charge in [0.2, 0.25) is 0 Å². The number of hydrogen-bond acceptors (Lipinski definition) is 7. The van der Waals surface area contributed by atoms with Gasteiger partial charge in [-0.05, 0) is 89.9 Å². The second-order valence-electron chi connectivity index (χ2n) is 17.7. The van der Waals surface area contributed by atoms with E-state index in [4.69, 9.17) is 24.3 Å². The molecule has 0 aliphatic carbocycles. The summed E-state index contributed by atoms with van der Waals surface area (Å²) in [5.74, 6) is -0.339. The second kappa shape index (κ2) is 53.6. The molecule has 9 heteroatoms. The Labute approximate surface area is 407 Å². The van der Waals surface area contributed by atoms with Crippen LogP contribution < -0.4 is 5.73 Å². The SMILES string of the molecule is CC/C=C\C/C=C\C/C=C\C/C=C\C/C=C\CCCCCCCCCCCC(=O)OC(COCCCCCCCCCCCC/C=C\C/C=C\CCCCCCC)COP(=O)(O)OCCN. The number of carbonyl (C=O) groups excluding carboxylic acids is 1. The Kier molecular flexibility index (Phi) is 51.7. The topological polar surface area (TPSA) is 117 Å². The third-order valence-electron chi connectivity index (χ3n) is 11.3. The van der Waals surface area contributed by atoms with Crippen LogP contribution in [0.4, 0.5) is 0 Å². The number of ether oxygens (including phenoxy) is 2. The van der Waals surface area contributed by atoms with Gasteiger partial charge < -0.3 is 20.1 Å². The van der Waals surface area contributed by atoms with Crippen LogP contribution in [-0.2, 0) is 27.9 Å². The maximum Gasteiger partial charge on any atom is 0.472 e. The van der Waals surface area contributed by atoms with Gasteiger partial charge >= 0.3 is 13.8 Å². The van der Waals surface area contributed by atoms with Crippen LogP contribution in [0.2, 0.25) is 0 Å². The minimum Gasteiger partial charge on any atom is -0.457 e. The number of hydrogen-bond donors (Lipinski definition) is 2. The summed E-state index contributed by atoms with van der Waals surface area (Å²) in [6, 6.07) is 0. The van der Waals surface area contributed by atoms with Gasteiger partial charge in [0, 0.05) is 19.6 Å². The number of nitrogens with two attached hydrogens (primary N) is 1. The summed E-state index contributed by atoms with van der Waals surface area (Å²) >= 11 is 0. The fourth-order valence-electron chi connectivity index (χ4n) is 7.35. The van der Waals surface area contributed by atoms with Crippen LogP contribution in [0.3, 0.4) is 0 Å². The third kappa shape index (κ3) is 52.6. The molecule has 0 aromatic carbocycles. The van der Waals surface area contributed by atoms with E-state index >= 15 is 0 Å². The molecule has 66 heavy (non-hydrogen) atoms. The summed E-state index contributed by atoms with van der Waals surface area (Å²) in [6.45, 7) is 4.80. The molecule has 0 aliphatic heterocycles. The second-order valence-corrected chi connectivity index (χ2v) is 19.2. The first-order chi connectivity index (χ1) is 32.4. The molecule has 0 heterocycles. The van der Waals surface area contributed by atoms with E-state index < -0.39 is 13.9 Å². The first-order valence-corrected chi connectivity index (χ1v) is 28.6. The molecule has 0 fully saturated rings. The lowest BCUT2D eigenvalue weighted by molar-refractivity contribution is -0.154. The average molecular weight is 944 g/mol. The van der Waals surface area contributed by atoms with Crippen LogP contribution in [0.1, 0.15) is 232 Å². The Bertz CT molecular complexity index is 1290. The largest absolute Gasteiger partial charge is 0.472 e. The van der Waals surface area contributed by atoms with E-state index in [1.165, 1.54) is 135 Å².